The molecule has 3 rings (SSSR count). The maximum absolute atomic E-state index is 10.2. The molecule has 3 heteroatoms. The van der Waals surface area contributed by atoms with Crippen LogP contribution in [-0.4, -0.2) is 18.2 Å². The van der Waals surface area contributed by atoms with Crippen molar-refractivity contribution in [1.29, 1.82) is 5.26 Å². The van der Waals surface area contributed by atoms with E-state index in [1.54, 1.807) is 0 Å². The van der Waals surface area contributed by atoms with Crippen molar-refractivity contribution in [3.05, 3.63) is 29.8 Å². The first kappa shape index (κ1) is 12.5. The second-order valence-electron chi connectivity index (χ2n) is 5.97. The van der Waals surface area contributed by atoms with Gasteiger partial charge in [-0.1, -0.05) is 18.2 Å². The van der Waals surface area contributed by atoms with Gasteiger partial charge in [0.1, 0.15) is 0 Å². The van der Waals surface area contributed by atoms with Crippen LogP contribution in [0, 0.1) is 16.7 Å². The highest BCUT2D eigenvalue weighted by atomic mass is 16.3. The van der Waals surface area contributed by atoms with E-state index in [1.807, 2.05) is 18.2 Å². The minimum absolute atomic E-state index is 0.219. The molecule has 1 unspecified atom stereocenters. The van der Waals surface area contributed by atoms with Gasteiger partial charge in [0.25, 0.3) is 0 Å². The Labute approximate surface area is 114 Å². The Kier molecular flexibility index (Phi) is 3.20. The normalized spacial score (nSPS) is 24.2. The average Bonchev–Trinajstić information content (AvgIpc) is 3.19. The number of fused-ring (bicyclic) bond motifs is 1. The molecular formula is C16H20N2O. The summed E-state index contributed by atoms with van der Waals surface area (Å²) >= 11 is 0. The van der Waals surface area contributed by atoms with Gasteiger partial charge in [-0.25, -0.2) is 0 Å². The predicted molar refractivity (Wildman–Crippen MR) is 74.7 cm³/mol. The lowest BCUT2D eigenvalue weighted by Gasteiger charge is -2.29. The molecule has 0 aromatic heterocycles. The molecule has 1 N–H and O–H groups in total. The van der Waals surface area contributed by atoms with Crippen LogP contribution in [0.1, 0.15) is 43.8 Å². The number of para-hydroxylation sites is 1. The molecule has 1 atom stereocenters. The van der Waals surface area contributed by atoms with Crippen molar-refractivity contribution >= 4 is 5.69 Å². The molecule has 1 fully saturated rings. The summed E-state index contributed by atoms with van der Waals surface area (Å²) < 4.78 is 0. The third kappa shape index (κ3) is 2.46. The smallest absolute Gasteiger partial charge is 0.0810 e. The van der Waals surface area contributed by atoms with Crippen molar-refractivity contribution < 1.29 is 5.11 Å². The monoisotopic (exact) mass is 256 g/mol. The third-order valence-corrected chi connectivity index (χ3v) is 4.48. The Morgan fingerprint density at radius 2 is 2.16 bits per heavy atom. The van der Waals surface area contributed by atoms with E-state index in [9.17, 15) is 5.11 Å². The Bertz CT molecular complexity index is 502. The number of rotatable bonds is 3. The molecule has 1 heterocycles. The lowest BCUT2D eigenvalue weighted by molar-refractivity contribution is 0.168. The van der Waals surface area contributed by atoms with Crippen molar-refractivity contribution in [2.45, 2.75) is 38.2 Å². The fourth-order valence-electron chi connectivity index (χ4n) is 3.11. The number of hydrogen-bond donors (Lipinski definition) is 1. The lowest BCUT2D eigenvalue weighted by atomic mass is 10.0. The van der Waals surface area contributed by atoms with Crippen molar-refractivity contribution in [2.24, 2.45) is 5.41 Å². The number of nitriles is 1. The SMILES string of the molecule is N#CCC1(CN2CCCC(O)c3ccccc32)CC1. The zero-order valence-corrected chi connectivity index (χ0v) is 11.2. The van der Waals surface area contributed by atoms with Crippen LogP contribution in [0.2, 0.25) is 0 Å². The standard InChI is InChI=1S/C16H20N2O/c17-10-9-16(7-8-16)12-18-11-3-6-15(19)13-4-1-2-5-14(13)18/h1-2,4-5,15,19H,3,6-9,11-12H2. The fourth-order valence-corrected chi connectivity index (χ4v) is 3.11. The third-order valence-electron chi connectivity index (χ3n) is 4.48. The molecule has 19 heavy (non-hydrogen) atoms. The van der Waals surface area contributed by atoms with Crippen LogP contribution in [0.5, 0.6) is 0 Å². The van der Waals surface area contributed by atoms with Gasteiger partial charge in [0, 0.05) is 36.2 Å². The fraction of sp³-hybridized carbons (Fsp3) is 0.562. The second kappa shape index (κ2) is 4.86. The molecule has 0 radical (unpaired) electrons. The molecule has 3 nitrogen and oxygen atoms in total. The van der Waals surface area contributed by atoms with Gasteiger partial charge in [-0.15, -0.1) is 0 Å². The van der Waals surface area contributed by atoms with Crippen LogP contribution in [0.15, 0.2) is 24.3 Å². The van der Waals surface area contributed by atoms with Crippen LogP contribution in [0.3, 0.4) is 0 Å². The van der Waals surface area contributed by atoms with Gasteiger partial charge in [0.2, 0.25) is 0 Å². The number of hydrogen-bond acceptors (Lipinski definition) is 3. The van der Waals surface area contributed by atoms with E-state index >= 15 is 0 Å². The quantitative estimate of drug-likeness (QED) is 0.904. The molecule has 0 saturated heterocycles. The zero-order chi connectivity index (χ0) is 13.3. The molecule has 1 aromatic rings. The molecule has 1 aromatic carbocycles. The summed E-state index contributed by atoms with van der Waals surface area (Å²) in [6.07, 6.45) is 4.50. The van der Waals surface area contributed by atoms with Crippen molar-refractivity contribution in [2.75, 3.05) is 18.0 Å². The lowest BCUT2D eigenvalue weighted by Crippen LogP contribution is -2.31. The number of nitrogens with zero attached hydrogens (tertiary/aromatic N) is 2. The summed E-state index contributed by atoms with van der Waals surface area (Å²) in [6.45, 7) is 1.95. The molecule has 1 saturated carbocycles. The number of aliphatic hydroxyl groups excluding tert-OH is 1. The van der Waals surface area contributed by atoms with Crippen LogP contribution >= 0.6 is 0 Å². The number of aliphatic hydroxyl groups is 1. The van der Waals surface area contributed by atoms with Crippen LogP contribution in [0.4, 0.5) is 5.69 Å². The number of anilines is 1. The van der Waals surface area contributed by atoms with E-state index in [1.165, 1.54) is 12.8 Å². The van der Waals surface area contributed by atoms with Crippen LogP contribution in [-0.2, 0) is 0 Å². The summed E-state index contributed by atoms with van der Waals surface area (Å²) in [6, 6.07) is 10.5. The van der Waals surface area contributed by atoms with Crippen molar-refractivity contribution in [3.63, 3.8) is 0 Å². The predicted octanol–water partition coefficient (Wildman–Crippen LogP) is 3.01. The molecule has 1 aliphatic heterocycles. The maximum atomic E-state index is 10.2. The van der Waals surface area contributed by atoms with Crippen LogP contribution in [0.25, 0.3) is 0 Å². The second-order valence-corrected chi connectivity index (χ2v) is 5.97. The zero-order valence-electron chi connectivity index (χ0n) is 11.2. The summed E-state index contributed by atoms with van der Waals surface area (Å²) in [4.78, 5) is 2.38. The van der Waals surface area contributed by atoms with Crippen molar-refractivity contribution in [3.8, 4) is 6.07 Å². The van der Waals surface area contributed by atoms with Gasteiger partial charge in [-0.2, -0.15) is 5.26 Å². The minimum atomic E-state index is -0.340. The number of benzene rings is 1. The molecular weight excluding hydrogens is 236 g/mol. The Morgan fingerprint density at radius 1 is 1.37 bits per heavy atom. The van der Waals surface area contributed by atoms with E-state index in [-0.39, 0.29) is 11.5 Å². The van der Waals surface area contributed by atoms with Gasteiger partial charge in [-0.05, 0) is 31.7 Å². The molecule has 0 amide bonds. The summed E-state index contributed by atoms with van der Waals surface area (Å²) in [5, 5.41) is 19.2. The van der Waals surface area contributed by atoms with Gasteiger partial charge in [0.05, 0.1) is 12.2 Å². The Morgan fingerprint density at radius 3 is 2.89 bits per heavy atom. The van der Waals surface area contributed by atoms with Gasteiger partial charge in [0.15, 0.2) is 0 Å². The van der Waals surface area contributed by atoms with Gasteiger partial charge >= 0.3 is 0 Å². The Hall–Kier alpha value is -1.53. The summed E-state index contributed by atoms with van der Waals surface area (Å²) in [7, 11) is 0. The van der Waals surface area contributed by atoms with Gasteiger partial charge < -0.3 is 10.0 Å². The summed E-state index contributed by atoms with van der Waals surface area (Å²) in [5.74, 6) is 0. The molecule has 100 valence electrons. The van der Waals surface area contributed by atoms with E-state index in [4.69, 9.17) is 5.26 Å². The van der Waals surface area contributed by atoms with E-state index in [0.717, 1.165) is 37.2 Å². The largest absolute Gasteiger partial charge is 0.388 e. The highest BCUT2D eigenvalue weighted by Gasteiger charge is 2.44. The van der Waals surface area contributed by atoms with E-state index in [2.05, 4.69) is 17.0 Å². The highest BCUT2D eigenvalue weighted by Crippen LogP contribution is 2.50. The van der Waals surface area contributed by atoms with E-state index < -0.39 is 0 Å². The molecule has 1 aliphatic carbocycles. The molecule has 0 spiro atoms. The first-order chi connectivity index (χ1) is 9.24. The first-order valence-corrected chi connectivity index (χ1v) is 7.13. The maximum Gasteiger partial charge on any atom is 0.0810 e. The Balaban J connectivity index is 1.86. The topological polar surface area (TPSA) is 47.3 Å². The average molecular weight is 256 g/mol. The highest BCUT2D eigenvalue weighted by molar-refractivity contribution is 5.55. The van der Waals surface area contributed by atoms with Crippen molar-refractivity contribution in [1.82, 2.24) is 0 Å². The summed E-state index contributed by atoms with van der Waals surface area (Å²) in [5.41, 5.74) is 2.43. The molecule has 0 bridgehead atoms. The first-order valence-electron chi connectivity index (χ1n) is 7.13. The minimum Gasteiger partial charge on any atom is -0.388 e. The van der Waals surface area contributed by atoms with E-state index in [0.29, 0.717) is 6.42 Å². The molecule has 2 aliphatic rings. The van der Waals surface area contributed by atoms with Gasteiger partial charge in [-0.3, -0.25) is 0 Å². The van der Waals surface area contributed by atoms with Crippen LogP contribution < -0.4 is 4.90 Å².